The molecule has 3 heterocycles. The van der Waals surface area contributed by atoms with Crippen molar-refractivity contribution in [3.05, 3.63) is 53.7 Å². The Morgan fingerprint density at radius 1 is 1.12 bits per heavy atom. The lowest BCUT2D eigenvalue weighted by molar-refractivity contribution is 0.217. The molecular formula is C20H25N3O2S. The standard InChI is InChI=1S/C20H25N3O2S/c1-26(24,25)16-9-7-15(8-10-16)19-17-6-5-11-21-20(17)22-18(19)14-23-12-3-2-4-13-23/h5-11,18-19H,2-4,12-14H2,1H3,(H,21,22). The predicted octanol–water partition coefficient (Wildman–Crippen LogP) is 2.90. The number of anilines is 1. The molecule has 1 aromatic carbocycles. The molecule has 4 rings (SSSR count). The molecule has 0 saturated carbocycles. The van der Waals surface area contributed by atoms with E-state index in [-0.39, 0.29) is 12.0 Å². The number of rotatable bonds is 4. The van der Waals surface area contributed by atoms with Gasteiger partial charge < -0.3 is 10.2 Å². The van der Waals surface area contributed by atoms with Crippen LogP contribution in [-0.4, -0.2) is 50.2 Å². The second kappa shape index (κ2) is 7.00. The van der Waals surface area contributed by atoms with Gasteiger partial charge in [0.2, 0.25) is 0 Å². The van der Waals surface area contributed by atoms with Gasteiger partial charge in [-0.2, -0.15) is 0 Å². The molecule has 0 amide bonds. The highest BCUT2D eigenvalue weighted by Gasteiger charge is 2.35. The van der Waals surface area contributed by atoms with Crippen molar-refractivity contribution in [3.63, 3.8) is 0 Å². The van der Waals surface area contributed by atoms with Crippen LogP contribution in [0.25, 0.3) is 0 Å². The molecular weight excluding hydrogens is 346 g/mol. The summed E-state index contributed by atoms with van der Waals surface area (Å²) in [4.78, 5) is 7.41. The maximum Gasteiger partial charge on any atom is 0.175 e. The molecule has 1 aromatic heterocycles. The Kier molecular flexibility index (Phi) is 4.71. The smallest absolute Gasteiger partial charge is 0.175 e. The second-order valence-electron chi connectivity index (χ2n) is 7.37. The van der Waals surface area contributed by atoms with Gasteiger partial charge in [0.25, 0.3) is 0 Å². The zero-order valence-corrected chi connectivity index (χ0v) is 15.9. The van der Waals surface area contributed by atoms with Gasteiger partial charge in [-0.15, -0.1) is 0 Å². The Bertz CT molecular complexity index is 874. The molecule has 138 valence electrons. The molecule has 2 aliphatic rings. The lowest BCUT2D eigenvalue weighted by Crippen LogP contribution is -2.40. The van der Waals surface area contributed by atoms with E-state index in [1.54, 1.807) is 12.1 Å². The van der Waals surface area contributed by atoms with Crippen LogP contribution in [0.4, 0.5) is 5.82 Å². The first-order valence-electron chi connectivity index (χ1n) is 9.26. The van der Waals surface area contributed by atoms with Crippen LogP contribution < -0.4 is 5.32 Å². The molecule has 2 aromatic rings. The summed E-state index contributed by atoms with van der Waals surface area (Å²) in [6, 6.07) is 11.7. The first-order chi connectivity index (χ1) is 12.5. The third kappa shape index (κ3) is 3.48. The van der Waals surface area contributed by atoms with Gasteiger partial charge >= 0.3 is 0 Å². The third-order valence-electron chi connectivity index (χ3n) is 5.47. The van der Waals surface area contributed by atoms with Crippen LogP contribution in [0.2, 0.25) is 0 Å². The molecule has 0 bridgehead atoms. The Morgan fingerprint density at radius 2 is 1.85 bits per heavy atom. The molecule has 5 nitrogen and oxygen atoms in total. The van der Waals surface area contributed by atoms with Crippen molar-refractivity contribution in [2.45, 2.75) is 36.1 Å². The molecule has 1 N–H and O–H groups in total. The largest absolute Gasteiger partial charge is 0.365 e. The fourth-order valence-corrected chi connectivity index (χ4v) is 4.80. The summed E-state index contributed by atoms with van der Waals surface area (Å²) >= 11 is 0. The average Bonchev–Trinajstić information content (AvgIpc) is 2.99. The SMILES string of the molecule is CS(=O)(=O)c1ccc(C2c3cccnc3NC2CN2CCCCC2)cc1. The number of sulfone groups is 1. The summed E-state index contributed by atoms with van der Waals surface area (Å²) < 4.78 is 23.5. The Morgan fingerprint density at radius 3 is 2.54 bits per heavy atom. The predicted molar refractivity (Wildman–Crippen MR) is 103 cm³/mol. The average molecular weight is 372 g/mol. The molecule has 0 radical (unpaired) electrons. The Hall–Kier alpha value is -1.92. The van der Waals surface area contributed by atoms with E-state index in [2.05, 4.69) is 21.3 Å². The fraction of sp³-hybridized carbons (Fsp3) is 0.450. The van der Waals surface area contributed by atoms with Crippen LogP contribution in [0.3, 0.4) is 0 Å². The normalized spacial score (nSPS) is 23.4. The van der Waals surface area contributed by atoms with E-state index in [0.29, 0.717) is 4.90 Å². The third-order valence-corrected chi connectivity index (χ3v) is 6.60. The summed E-state index contributed by atoms with van der Waals surface area (Å²) in [5.74, 6) is 1.14. The topological polar surface area (TPSA) is 62.3 Å². The molecule has 2 unspecified atom stereocenters. The highest BCUT2D eigenvalue weighted by molar-refractivity contribution is 7.90. The van der Waals surface area contributed by atoms with E-state index in [1.807, 2.05) is 24.4 Å². The number of aromatic nitrogens is 1. The molecule has 0 spiro atoms. The van der Waals surface area contributed by atoms with E-state index in [1.165, 1.54) is 31.1 Å². The zero-order chi connectivity index (χ0) is 18.1. The number of nitrogens with zero attached hydrogens (tertiary/aromatic N) is 2. The molecule has 2 atom stereocenters. The second-order valence-corrected chi connectivity index (χ2v) is 9.39. The van der Waals surface area contributed by atoms with Gasteiger partial charge in [-0.25, -0.2) is 13.4 Å². The highest BCUT2D eigenvalue weighted by atomic mass is 32.2. The van der Waals surface area contributed by atoms with Crippen LogP contribution in [0.15, 0.2) is 47.5 Å². The summed E-state index contributed by atoms with van der Waals surface area (Å²) in [5, 5.41) is 3.60. The van der Waals surface area contributed by atoms with Crippen molar-refractivity contribution in [2.75, 3.05) is 31.2 Å². The Balaban J connectivity index is 1.65. The lowest BCUT2D eigenvalue weighted by Gasteiger charge is -2.31. The van der Waals surface area contributed by atoms with E-state index < -0.39 is 9.84 Å². The summed E-state index contributed by atoms with van der Waals surface area (Å²) in [6.07, 6.45) is 6.93. The summed E-state index contributed by atoms with van der Waals surface area (Å²) in [6.45, 7) is 3.29. The van der Waals surface area contributed by atoms with Crippen LogP contribution in [0.1, 0.15) is 36.3 Å². The summed E-state index contributed by atoms with van der Waals surface area (Å²) in [5.41, 5.74) is 2.33. The van der Waals surface area contributed by atoms with E-state index in [4.69, 9.17) is 0 Å². The van der Waals surface area contributed by atoms with Crippen molar-refractivity contribution in [2.24, 2.45) is 0 Å². The minimum absolute atomic E-state index is 0.189. The van der Waals surface area contributed by atoms with E-state index >= 15 is 0 Å². The maximum absolute atomic E-state index is 11.8. The van der Waals surface area contributed by atoms with Crippen molar-refractivity contribution < 1.29 is 8.42 Å². The van der Waals surface area contributed by atoms with Gasteiger partial charge in [0.05, 0.1) is 10.9 Å². The van der Waals surface area contributed by atoms with Gasteiger partial charge in [-0.05, 0) is 49.7 Å². The molecule has 0 aliphatic carbocycles. The van der Waals surface area contributed by atoms with Gasteiger partial charge in [-0.1, -0.05) is 24.6 Å². The number of likely N-dealkylation sites (tertiary alicyclic amines) is 1. The van der Waals surface area contributed by atoms with Crippen molar-refractivity contribution in [1.29, 1.82) is 0 Å². The van der Waals surface area contributed by atoms with E-state index in [0.717, 1.165) is 31.0 Å². The van der Waals surface area contributed by atoms with Crippen molar-refractivity contribution in [3.8, 4) is 0 Å². The Labute approximate surface area is 155 Å². The molecule has 26 heavy (non-hydrogen) atoms. The number of pyridine rings is 1. The quantitative estimate of drug-likeness (QED) is 0.895. The monoisotopic (exact) mass is 371 g/mol. The van der Waals surface area contributed by atoms with Crippen LogP contribution in [0.5, 0.6) is 0 Å². The van der Waals surface area contributed by atoms with Crippen LogP contribution >= 0.6 is 0 Å². The molecule has 6 heteroatoms. The maximum atomic E-state index is 11.8. The van der Waals surface area contributed by atoms with Gasteiger partial charge in [0.15, 0.2) is 9.84 Å². The number of fused-ring (bicyclic) bond motifs is 1. The number of hydrogen-bond acceptors (Lipinski definition) is 5. The molecule has 1 fully saturated rings. The highest BCUT2D eigenvalue weighted by Crippen LogP contribution is 2.39. The van der Waals surface area contributed by atoms with Gasteiger partial charge in [-0.3, -0.25) is 0 Å². The first kappa shape index (κ1) is 17.5. The van der Waals surface area contributed by atoms with Gasteiger partial charge in [0, 0.05) is 30.5 Å². The van der Waals surface area contributed by atoms with Crippen LogP contribution in [-0.2, 0) is 9.84 Å². The molecule has 2 aliphatic heterocycles. The fourth-order valence-electron chi connectivity index (χ4n) is 4.17. The minimum Gasteiger partial charge on any atom is -0.365 e. The summed E-state index contributed by atoms with van der Waals surface area (Å²) in [7, 11) is -3.18. The number of piperidine rings is 1. The number of nitrogens with one attached hydrogen (secondary N) is 1. The molecule has 1 saturated heterocycles. The number of benzene rings is 1. The van der Waals surface area contributed by atoms with Crippen LogP contribution in [0, 0.1) is 0 Å². The van der Waals surface area contributed by atoms with Crippen molar-refractivity contribution >= 4 is 15.7 Å². The van der Waals surface area contributed by atoms with E-state index in [9.17, 15) is 8.42 Å². The minimum atomic E-state index is -3.18. The zero-order valence-electron chi connectivity index (χ0n) is 15.1. The first-order valence-corrected chi connectivity index (χ1v) is 11.2. The number of hydrogen-bond donors (Lipinski definition) is 1. The van der Waals surface area contributed by atoms with Crippen molar-refractivity contribution in [1.82, 2.24) is 9.88 Å². The lowest BCUT2D eigenvalue weighted by atomic mass is 9.88. The van der Waals surface area contributed by atoms with Gasteiger partial charge in [0.1, 0.15) is 5.82 Å².